The molecule has 0 aromatic heterocycles. The average molecular weight is 354 g/mol. The van der Waals surface area contributed by atoms with Crippen molar-refractivity contribution in [2.24, 2.45) is 5.92 Å². The van der Waals surface area contributed by atoms with E-state index in [9.17, 15) is 14.4 Å². The average Bonchev–Trinajstić information content (AvgIpc) is 2.60. The van der Waals surface area contributed by atoms with Gasteiger partial charge in [0, 0.05) is 23.7 Å². The van der Waals surface area contributed by atoms with E-state index in [0.29, 0.717) is 23.4 Å². The Labute approximate surface area is 152 Å². The fourth-order valence-corrected chi connectivity index (χ4v) is 2.31. The van der Waals surface area contributed by atoms with Crippen molar-refractivity contribution in [2.45, 2.75) is 27.3 Å². The largest absolute Gasteiger partial charge is 0.478 e. The van der Waals surface area contributed by atoms with Crippen LogP contribution in [0.3, 0.4) is 0 Å². The van der Waals surface area contributed by atoms with E-state index < -0.39 is 5.97 Å². The van der Waals surface area contributed by atoms with Crippen LogP contribution < -0.4 is 10.6 Å². The number of carbonyl (C=O) groups excluding carboxylic acids is 2. The van der Waals surface area contributed by atoms with Gasteiger partial charge in [0.25, 0.3) is 5.91 Å². The van der Waals surface area contributed by atoms with Crippen LogP contribution in [-0.4, -0.2) is 22.9 Å². The molecule has 26 heavy (non-hydrogen) atoms. The van der Waals surface area contributed by atoms with Gasteiger partial charge in [-0.25, -0.2) is 4.79 Å². The molecule has 3 N–H and O–H groups in total. The number of hydrogen-bond donors (Lipinski definition) is 3. The molecule has 6 nitrogen and oxygen atoms in total. The minimum Gasteiger partial charge on any atom is -0.478 e. The van der Waals surface area contributed by atoms with E-state index in [1.807, 2.05) is 26.0 Å². The van der Waals surface area contributed by atoms with Crippen LogP contribution in [0.25, 0.3) is 0 Å². The number of aryl methyl sites for hydroxylation is 1. The van der Waals surface area contributed by atoms with Crippen LogP contribution in [0, 0.1) is 12.8 Å². The fraction of sp³-hybridized carbons (Fsp3) is 0.250. The summed E-state index contributed by atoms with van der Waals surface area (Å²) in [6.07, 6.45) is 0. The molecule has 0 radical (unpaired) electrons. The molecule has 0 aliphatic heterocycles. The van der Waals surface area contributed by atoms with Crippen LogP contribution in [0.5, 0.6) is 0 Å². The maximum Gasteiger partial charge on any atom is 0.335 e. The second-order valence-electron chi connectivity index (χ2n) is 6.42. The summed E-state index contributed by atoms with van der Waals surface area (Å²) < 4.78 is 0. The van der Waals surface area contributed by atoms with E-state index >= 15 is 0 Å². The normalized spacial score (nSPS) is 10.5. The zero-order valence-electron chi connectivity index (χ0n) is 15.0. The lowest BCUT2D eigenvalue weighted by atomic mass is 10.1. The number of carbonyl (C=O) groups is 3. The highest BCUT2D eigenvalue weighted by Gasteiger charge is 2.11. The summed E-state index contributed by atoms with van der Waals surface area (Å²) in [5, 5.41) is 14.7. The number of anilines is 1. The van der Waals surface area contributed by atoms with Crippen molar-refractivity contribution in [2.75, 3.05) is 5.32 Å². The molecule has 0 fully saturated rings. The minimum absolute atomic E-state index is 0.0558. The van der Waals surface area contributed by atoms with Gasteiger partial charge in [-0.05, 0) is 48.4 Å². The Hall–Kier alpha value is -3.15. The first-order valence-corrected chi connectivity index (χ1v) is 8.29. The van der Waals surface area contributed by atoms with Crippen molar-refractivity contribution in [3.63, 3.8) is 0 Å². The summed E-state index contributed by atoms with van der Waals surface area (Å²) in [5.74, 6) is -1.56. The van der Waals surface area contributed by atoms with E-state index in [2.05, 4.69) is 10.6 Å². The number of benzene rings is 2. The lowest BCUT2D eigenvalue weighted by molar-refractivity contribution is -0.118. The van der Waals surface area contributed by atoms with Crippen LogP contribution in [0.1, 0.15) is 45.7 Å². The van der Waals surface area contributed by atoms with Gasteiger partial charge >= 0.3 is 5.97 Å². The molecular weight excluding hydrogens is 332 g/mol. The summed E-state index contributed by atoms with van der Waals surface area (Å²) in [6.45, 7) is 5.68. The van der Waals surface area contributed by atoms with Crippen molar-refractivity contribution < 1.29 is 19.5 Å². The van der Waals surface area contributed by atoms with Gasteiger partial charge in [-0.3, -0.25) is 9.59 Å². The monoisotopic (exact) mass is 354 g/mol. The van der Waals surface area contributed by atoms with Gasteiger partial charge in [-0.1, -0.05) is 26.0 Å². The van der Waals surface area contributed by atoms with Gasteiger partial charge in [0.15, 0.2) is 0 Å². The molecule has 0 unspecified atom stereocenters. The van der Waals surface area contributed by atoms with Crippen LogP contribution >= 0.6 is 0 Å². The van der Waals surface area contributed by atoms with Gasteiger partial charge in [0.05, 0.1) is 5.56 Å². The maximum atomic E-state index is 12.3. The Bertz CT molecular complexity index is 826. The zero-order valence-corrected chi connectivity index (χ0v) is 15.0. The van der Waals surface area contributed by atoms with E-state index in [1.165, 1.54) is 12.1 Å². The lowest BCUT2D eigenvalue weighted by Gasteiger charge is -2.10. The van der Waals surface area contributed by atoms with Gasteiger partial charge in [0.2, 0.25) is 5.91 Å². The molecule has 0 spiro atoms. The second-order valence-corrected chi connectivity index (χ2v) is 6.42. The zero-order chi connectivity index (χ0) is 19.3. The van der Waals surface area contributed by atoms with Crippen molar-refractivity contribution in [3.8, 4) is 0 Å². The summed E-state index contributed by atoms with van der Waals surface area (Å²) in [7, 11) is 0. The number of aromatic carboxylic acids is 1. The van der Waals surface area contributed by atoms with E-state index in [4.69, 9.17) is 5.11 Å². The SMILES string of the molecule is Cc1cc(C(=O)O)cc(C(=O)NCc2ccc(NC(=O)C(C)C)cc2)c1. The van der Waals surface area contributed by atoms with Crippen molar-refractivity contribution in [1.29, 1.82) is 0 Å². The number of hydrogen-bond acceptors (Lipinski definition) is 3. The maximum absolute atomic E-state index is 12.3. The Kier molecular flexibility index (Phi) is 6.11. The topological polar surface area (TPSA) is 95.5 Å². The smallest absolute Gasteiger partial charge is 0.335 e. The molecule has 0 saturated heterocycles. The number of carboxylic acids is 1. The number of nitrogens with one attached hydrogen (secondary N) is 2. The molecule has 0 atom stereocenters. The third-order valence-electron chi connectivity index (χ3n) is 3.79. The molecular formula is C20H22N2O4. The van der Waals surface area contributed by atoms with E-state index in [-0.39, 0.29) is 23.3 Å². The van der Waals surface area contributed by atoms with E-state index in [1.54, 1.807) is 25.1 Å². The van der Waals surface area contributed by atoms with Crippen molar-refractivity contribution in [3.05, 3.63) is 64.7 Å². The van der Waals surface area contributed by atoms with Crippen LogP contribution in [0.15, 0.2) is 42.5 Å². The Balaban J connectivity index is 1.99. The third-order valence-corrected chi connectivity index (χ3v) is 3.79. The Morgan fingerprint density at radius 3 is 2.19 bits per heavy atom. The summed E-state index contributed by atoms with van der Waals surface area (Å²) in [6, 6.07) is 11.7. The summed E-state index contributed by atoms with van der Waals surface area (Å²) >= 11 is 0. The minimum atomic E-state index is -1.07. The molecule has 2 rings (SSSR count). The van der Waals surface area contributed by atoms with E-state index in [0.717, 1.165) is 5.56 Å². The lowest BCUT2D eigenvalue weighted by Crippen LogP contribution is -2.23. The Morgan fingerprint density at radius 2 is 1.62 bits per heavy atom. The summed E-state index contributed by atoms with van der Waals surface area (Å²) in [4.78, 5) is 35.0. The molecule has 136 valence electrons. The Morgan fingerprint density at radius 1 is 1.00 bits per heavy atom. The molecule has 0 saturated carbocycles. The van der Waals surface area contributed by atoms with Crippen molar-refractivity contribution in [1.82, 2.24) is 5.32 Å². The first kappa shape index (κ1) is 19.2. The van der Waals surface area contributed by atoms with Gasteiger partial charge in [-0.15, -0.1) is 0 Å². The highest BCUT2D eigenvalue weighted by molar-refractivity contribution is 5.97. The first-order valence-electron chi connectivity index (χ1n) is 8.29. The molecule has 0 bridgehead atoms. The molecule has 0 heterocycles. The highest BCUT2D eigenvalue weighted by Crippen LogP contribution is 2.13. The third kappa shape index (κ3) is 5.17. The molecule has 0 aliphatic carbocycles. The van der Waals surface area contributed by atoms with Crippen molar-refractivity contribution >= 4 is 23.5 Å². The predicted octanol–water partition coefficient (Wildman–Crippen LogP) is 3.22. The number of amides is 2. The standard InChI is InChI=1S/C20H22N2O4/c1-12(2)18(23)22-17-6-4-14(5-7-17)11-21-19(24)15-8-13(3)9-16(10-15)20(25)26/h4-10,12H,11H2,1-3H3,(H,21,24)(H,22,23)(H,25,26). The second kappa shape index (κ2) is 8.29. The molecule has 6 heteroatoms. The number of carboxylic acid groups (broad SMARTS) is 1. The van der Waals surface area contributed by atoms with Crippen LogP contribution in [-0.2, 0) is 11.3 Å². The molecule has 2 aromatic rings. The molecule has 0 aliphatic rings. The van der Waals surface area contributed by atoms with Crippen LogP contribution in [0.2, 0.25) is 0 Å². The summed E-state index contributed by atoms with van der Waals surface area (Å²) in [5.41, 5.74) is 2.67. The van der Waals surface area contributed by atoms with Gasteiger partial charge < -0.3 is 15.7 Å². The van der Waals surface area contributed by atoms with Crippen LogP contribution in [0.4, 0.5) is 5.69 Å². The quantitative estimate of drug-likeness (QED) is 0.742. The first-order chi connectivity index (χ1) is 12.3. The molecule has 2 aromatic carbocycles. The fourth-order valence-electron chi connectivity index (χ4n) is 2.31. The molecule has 2 amide bonds. The predicted molar refractivity (Wildman–Crippen MR) is 99.2 cm³/mol. The number of rotatable bonds is 6. The van der Waals surface area contributed by atoms with Gasteiger partial charge in [0.1, 0.15) is 0 Å². The highest BCUT2D eigenvalue weighted by atomic mass is 16.4. The van der Waals surface area contributed by atoms with Gasteiger partial charge in [-0.2, -0.15) is 0 Å².